The fraction of sp³-hybridized carbons (Fsp3) is 0.370. The molecule has 0 unspecified atom stereocenters. The Morgan fingerprint density at radius 3 is 2.66 bits per heavy atom. The topological polar surface area (TPSA) is 72.5 Å². The van der Waals surface area contributed by atoms with Crippen molar-refractivity contribution in [3.63, 3.8) is 0 Å². The molecule has 1 N–H and O–H groups in total. The maximum absolute atomic E-state index is 13.7. The zero-order valence-electron chi connectivity index (χ0n) is 19.8. The summed E-state index contributed by atoms with van der Waals surface area (Å²) in [6, 6.07) is 16.2. The molecule has 0 radical (unpaired) electrons. The van der Waals surface area contributed by atoms with Crippen LogP contribution in [0, 0.1) is 0 Å². The number of hydrogen-bond donors (Lipinski definition) is 1. The van der Waals surface area contributed by atoms with Crippen LogP contribution in [0.2, 0.25) is 0 Å². The third-order valence-corrected chi connectivity index (χ3v) is 9.58. The quantitative estimate of drug-likeness (QED) is 0.442. The van der Waals surface area contributed by atoms with Gasteiger partial charge in [-0.25, -0.2) is 8.42 Å². The predicted molar refractivity (Wildman–Crippen MR) is 140 cm³/mol. The lowest BCUT2D eigenvalue weighted by molar-refractivity contribution is 0.232. The second kappa shape index (κ2) is 9.26. The Kier molecular flexibility index (Phi) is 5.96. The fourth-order valence-corrected chi connectivity index (χ4v) is 7.61. The molecule has 0 amide bonds. The van der Waals surface area contributed by atoms with E-state index in [0.717, 1.165) is 62.8 Å². The first kappa shape index (κ1) is 22.5. The number of rotatable bonds is 6. The number of pyridine rings is 1. The molecule has 2 saturated heterocycles. The molecule has 8 heteroatoms. The van der Waals surface area contributed by atoms with Gasteiger partial charge in [-0.3, -0.25) is 9.88 Å². The molecule has 7 nitrogen and oxygen atoms in total. The van der Waals surface area contributed by atoms with Crippen LogP contribution in [0.5, 0.6) is 0 Å². The van der Waals surface area contributed by atoms with Crippen LogP contribution in [0.1, 0.15) is 19.3 Å². The minimum atomic E-state index is -3.59. The first-order chi connectivity index (χ1) is 17.1. The second-order valence-electron chi connectivity index (χ2n) is 9.60. The number of aromatic nitrogens is 2. The van der Waals surface area contributed by atoms with E-state index in [9.17, 15) is 8.42 Å². The summed E-state index contributed by atoms with van der Waals surface area (Å²) in [5.74, 6) is 0. The van der Waals surface area contributed by atoms with E-state index in [1.807, 2.05) is 30.5 Å². The SMILES string of the molecule is O=S(=O)(c1cncc2ccccc12)N1CCC[C@H]1CCN1CCN(c2cccc3[nH]ccc23)CC1. The molecule has 182 valence electrons. The fourth-order valence-electron chi connectivity index (χ4n) is 5.72. The highest BCUT2D eigenvalue weighted by atomic mass is 32.2. The predicted octanol–water partition coefficient (Wildman–Crippen LogP) is 4.08. The van der Waals surface area contributed by atoms with E-state index < -0.39 is 10.0 Å². The Labute approximate surface area is 206 Å². The number of aromatic amines is 1. The monoisotopic (exact) mass is 489 g/mol. The van der Waals surface area contributed by atoms with Gasteiger partial charge in [-0.2, -0.15) is 4.31 Å². The Morgan fingerprint density at radius 2 is 1.77 bits per heavy atom. The van der Waals surface area contributed by atoms with Crippen molar-refractivity contribution in [1.29, 1.82) is 0 Å². The number of benzene rings is 2. The van der Waals surface area contributed by atoms with Gasteiger partial charge in [-0.1, -0.05) is 30.3 Å². The number of anilines is 1. The molecule has 0 spiro atoms. The maximum atomic E-state index is 13.7. The van der Waals surface area contributed by atoms with Gasteiger partial charge in [0.05, 0.1) is 0 Å². The number of nitrogens with one attached hydrogen (secondary N) is 1. The minimum Gasteiger partial charge on any atom is -0.368 e. The first-order valence-corrected chi connectivity index (χ1v) is 13.9. The van der Waals surface area contributed by atoms with Crippen molar-refractivity contribution in [3.8, 4) is 0 Å². The van der Waals surface area contributed by atoms with Crippen LogP contribution in [0.25, 0.3) is 21.7 Å². The van der Waals surface area contributed by atoms with E-state index in [2.05, 4.69) is 44.0 Å². The molecule has 2 aromatic carbocycles. The summed E-state index contributed by atoms with van der Waals surface area (Å²) in [4.78, 5) is 12.8. The Hall–Kier alpha value is -2.94. The maximum Gasteiger partial charge on any atom is 0.245 e. The molecule has 2 aromatic heterocycles. The van der Waals surface area contributed by atoms with Gasteiger partial charge in [-0.15, -0.1) is 0 Å². The third-order valence-electron chi connectivity index (χ3n) is 7.60. The summed E-state index contributed by atoms with van der Waals surface area (Å²) in [5, 5.41) is 2.88. The molecule has 4 heterocycles. The van der Waals surface area contributed by atoms with Crippen LogP contribution in [0.3, 0.4) is 0 Å². The Bertz CT molecular complexity index is 1440. The van der Waals surface area contributed by atoms with Crippen molar-refractivity contribution in [2.45, 2.75) is 30.2 Å². The van der Waals surface area contributed by atoms with Gasteiger partial charge in [0.15, 0.2) is 0 Å². The van der Waals surface area contributed by atoms with E-state index >= 15 is 0 Å². The van der Waals surface area contributed by atoms with Crippen molar-refractivity contribution in [2.24, 2.45) is 0 Å². The highest BCUT2D eigenvalue weighted by Crippen LogP contribution is 2.32. The lowest BCUT2D eigenvalue weighted by Crippen LogP contribution is -2.47. The highest BCUT2D eigenvalue weighted by molar-refractivity contribution is 7.89. The molecule has 6 rings (SSSR count). The lowest BCUT2D eigenvalue weighted by atomic mass is 10.1. The standard InChI is InChI=1S/C27H31N5O2S/c33-35(34,27-20-28-19-21-5-1-2-7-23(21)27)32-13-4-6-22(32)11-14-30-15-17-31(18-16-30)26-9-3-8-25-24(26)10-12-29-25/h1-3,5,7-10,12,19-20,22,29H,4,6,11,13-18H2/t22-/m0/s1. The summed E-state index contributed by atoms with van der Waals surface area (Å²) in [5.41, 5.74) is 2.47. The van der Waals surface area contributed by atoms with Gasteiger partial charge < -0.3 is 9.88 Å². The molecule has 0 saturated carbocycles. The number of piperazine rings is 1. The summed E-state index contributed by atoms with van der Waals surface area (Å²) >= 11 is 0. The highest BCUT2D eigenvalue weighted by Gasteiger charge is 2.36. The molecule has 2 aliphatic rings. The van der Waals surface area contributed by atoms with Crippen LogP contribution in [-0.4, -0.2) is 72.9 Å². The Morgan fingerprint density at radius 1 is 0.914 bits per heavy atom. The van der Waals surface area contributed by atoms with Crippen molar-refractivity contribution in [1.82, 2.24) is 19.2 Å². The average Bonchev–Trinajstić information content (AvgIpc) is 3.57. The van der Waals surface area contributed by atoms with E-state index in [1.165, 1.54) is 22.8 Å². The smallest absolute Gasteiger partial charge is 0.245 e. The zero-order chi connectivity index (χ0) is 23.8. The largest absolute Gasteiger partial charge is 0.368 e. The molecule has 35 heavy (non-hydrogen) atoms. The van der Waals surface area contributed by atoms with Gasteiger partial charge in [0.2, 0.25) is 10.0 Å². The van der Waals surface area contributed by atoms with Gasteiger partial charge in [-0.05, 0) is 44.0 Å². The number of hydrogen-bond acceptors (Lipinski definition) is 5. The Balaban J connectivity index is 1.11. The number of nitrogens with zero attached hydrogens (tertiary/aromatic N) is 4. The minimum absolute atomic E-state index is 0.0469. The van der Waals surface area contributed by atoms with Crippen LogP contribution in [-0.2, 0) is 10.0 Å². The molecule has 2 fully saturated rings. The molecule has 2 aliphatic heterocycles. The normalized spacial score (nSPS) is 20.2. The van der Waals surface area contributed by atoms with Crippen LogP contribution < -0.4 is 4.90 Å². The van der Waals surface area contributed by atoms with Gasteiger partial charge in [0, 0.05) is 84.7 Å². The summed E-state index contributed by atoms with van der Waals surface area (Å²) in [6.07, 6.45) is 7.94. The van der Waals surface area contributed by atoms with E-state index in [1.54, 1.807) is 10.5 Å². The summed E-state index contributed by atoms with van der Waals surface area (Å²) in [6.45, 7) is 5.47. The third kappa shape index (κ3) is 4.20. The van der Waals surface area contributed by atoms with E-state index in [-0.39, 0.29) is 6.04 Å². The summed E-state index contributed by atoms with van der Waals surface area (Å²) in [7, 11) is -3.59. The average molecular weight is 490 g/mol. The van der Waals surface area contributed by atoms with Crippen LogP contribution >= 0.6 is 0 Å². The summed E-state index contributed by atoms with van der Waals surface area (Å²) < 4.78 is 29.1. The van der Waals surface area contributed by atoms with E-state index in [0.29, 0.717) is 11.4 Å². The molecule has 0 bridgehead atoms. The first-order valence-electron chi connectivity index (χ1n) is 12.5. The number of H-pyrrole nitrogens is 1. The van der Waals surface area contributed by atoms with Gasteiger partial charge in [0.25, 0.3) is 0 Å². The number of fused-ring (bicyclic) bond motifs is 2. The lowest BCUT2D eigenvalue weighted by Gasteiger charge is -2.37. The van der Waals surface area contributed by atoms with Crippen molar-refractivity contribution < 1.29 is 8.42 Å². The second-order valence-corrected chi connectivity index (χ2v) is 11.5. The molecule has 1 atom stereocenters. The van der Waals surface area contributed by atoms with Crippen molar-refractivity contribution >= 4 is 37.4 Å². The van der Waals surface area contributed by atoms with Crippen molar-refractivity contribution in [2.75, 3.05) is 44.2 Å². The van der Waals surface area contributed by atoms with Crippen molar-refractivity contribution in [3.05, 3.63) is 67.1 Å². The van der Waals surface area contributed by atoms with Crippen LogP contribution in [0.15, 0.2) is 72.0 Å². The molecular formula is C27H31N5O2S. The van der Waals surface area contributed by atoms with Gasteiger partial charge in [0.1, 0.15) is 4.90 Å². The van der Waals surface area contributed by atoms with E-state index in [4.69, 9.17) is 0 Å². The van der Waals surface area contributed by atoms with Gasteiger partial charge >= 0.3 is 0 Å². The molecule has 4 aromatic rings. The molecular weight excluding hydrogens is 458 g/mol. The van der Waals surface area contributed by atoms with Crippen LogP contribution in [0.4, 0.5) is 5.69 Å². The molecule has 0 aliphatic carbocycles. The zero-order valence-corrected chi connectivity index (χ0v) is 20.6. The number of sulfonamides is 1.